The molecule has 0 unspecified atom stereocenters. The fourth-order valence-electron chi connectivity index (χ4n) is 4.86. The third-order valence-electron chi connectivity index (χ3n) is 7.46. The van der Waals surface area contributed by atoms with Crippen molar-refractivity contribution >= 4 is 10.1 Å². The predicted octanol–water partition coefficient (Wildman–Crippen LogP) is 11.0. The first-order valence-electron chi connectivity index (χ1n) is 17.3. The van der Waals surface area contributed by atoms with Crippen LogP contribution in [-0.4, -0.2) is 34.0 Å². The van der Waals surface area contributed by atoms with E-state index in [1.54, 1.807) is 6.08 Å². The van der Waals surface area contributed by atoms with Crippen LogP contribution in [0.1, 0.15) is 180 Å². The molecule has 0 aliphatic rings. The summed E-state index contributed by atoms with van der Waals surface area (Å²) in [5.74, 6) is 0.147. The van der Waals surface area contributed by atoms with Gasteiger partial charge in [-0.2, -0.15) is 8.42 Å². The summed E-state index contributed by atoms with van der Waals surface area (Å²) < 4.78 is 41.1. The van der Waals surface area contributed by atoms with E-state index >= 15 is 0 Å². The molecule has 0 heterocycles. The topological polar surface area (TPSA) is 69.4 Å². The Hall–Kier alpha value is -0.460. The molecular formula is C34H70FNO3S. The van der Waals surface area contributed by atoms with E-state index in [9.17, 15) is 12.8 Å². The molecule has 6 heteroatoms. The monoisotopic (exact) mass is 592 g/mol. The summed E-state index contributed by atoms with van der Waals surface area (Å²) in [7, 11) is -3.35. The summed E-state index contributed by atoms with van der Waals surface area (Å²) in [5, 5.41) is 0. The van der Waals surface area contributed by atoms with Crippen molar-refractivity contribution in [3.05, 3.63) is 12.7 Å². The number of alkyl halides is 1. The van der Waals surface area contributed by atoms with Gasteiger partial charge in [-0.3, -0.25) is 8.57 Å². The van der Waals surface area contributed by atoms with E-state index in [1.807, 2.05) is 0 Å². The quantitative estimate of drug-likeness (QED) is 0.0480. The molecule has 0 aliphatic heterocycles. The fraction of sp³-hybridized carbons (Fsp3) is 0.941. The van der Waals surface area contributed by atoms with E-state index in [0.717, 1.165) is 51.4 Å². The zero-order valence-electron chi connectivity index (χ0n) is 26.8. The van der Waals surface area contributed by atoms with Crippen LogP contribution in [0.2, 0.25) is 0 Å². The van der Waals surface area contributed by atoms with E-state index in [1.165, 1.54) is 109 Å². The minimum atomic E-state index is -3.35. The molecule has 0 aliphatic carbocycles. The van der Waals surface area contributed by atoms with Gasteiger partial charge >= 0.3 is 0 Å². The molecule has 0 aromatic heterocycles. The van der Waals surface area contributed by atoms with Crippen LogP contribution >= 0.6 is 0 Å². The minimum Gasteiger partial charge on any atom is -0.327 e. The minimum absolute atomic E-state index is 0.147. The van der Waals surface area contributed by atoms with Crippen molar-refractivity contribution in [2.45, 2.75) is 180 Å². The molecule has 0 spiro atoms. The summed E-state index contributed by atoms with van der Waals surface area (Å²) in [6.07, 6.45) is 34.7. The van der Waals surface area contributed by atoms with Gasteiger partial charge in [0.25, 0.3) is 10.1 Å². The van der Waals surface area contributed by atoms with Crippen LogP contribution in [0.15, 0.2) is 12.7 Å². The highest BCUT2D eigenvalue weighted by atomic mass is 32.2. The van der Waals surface area contributed by atoms with Crippen LogP contribution in [0.25, 0.3) is 0 Å². The highest BCUT2D eigenvalue weighted by Crippen LogP contribution is 2.15. The Bertz CT molecular complexity index is 572. The van der Waals surface area contributed by atoms with Gasteiger partial charge in [0.05, 0.1) is 19.0 Å². The van der Waals surface area contributed by atoms with Crippen LogP contribution in [-0.2, 0) is 14.3 Å². The van der Waals surface area contributed by atoms with Gasteiger partial charge in [0.15, 0.2) is 0 Å². The van der Waals surface area contributed by atoms with Crippen LogP contribution in [0, 0.1) is 0 Å². The first kappa shape index (κ1) is 41.7. The van der Waals surface area contributed by atoms with E-state index < -0.39 is 10.1 Å². The lowest BCUT2D eigenvalue weighted by atomic mass is 10.0. The molecule has 0 bridgehead atoms. The fourth-order valence-corrected chi connectivity index (χ4v) is 5.91. The van der Waals surface area contributed by atoms with Gasteiger partial charge in [-0.25, -0.2) is 0 Å². The zero-order valence-corrected chi connectivity index (χ0v) is 27.6. The molecule has 0 aromatic rings. The van der Waals surface area contributed by atoms with Crippen molar-refractivity contribution in [3.63, 3.8) is 0 Å². The average molecular weight is 592 g/mol. The molecule has 0 saturated heterocycles. The molecule has 4 nitrogen and oxygen atoms in total. The normalized spacial score (nSPS) is 11.4. The van der Waals surface area contributed by atoms with Crippen LogP contribution in [0.5, 0.6) is 0 Å². The maximum absolute atomic E-state index is 12.0. The third kappa shape index (κ3) is 39.7. The molecule has 0 rings (SSSR count). The molecule has 0 fully saturated rings. The number of unbranched alkanes of at least 4 members (excludes halogenated alkanes) is 25. The Balaban J connectivity index is 0. The maximum atomic E-state index is 12.0. The second kappa shape index (κ2) is 36.6. The van der Waals surface area contributed by atoms with Crippen LogP contribution in [0.4, 0.5) is 4.39 Å². The highest BCUT2D eigenvalue weighted by Gasteiger charge is 2.10. The molecule has 0 atom stereocenters. The zero-order chi connectivity index (χ0) is 29.8. The molecule has 242 valence electrons. The predicted molar refractivity (Wildman–Crippen MR) is 175 cm³/mol. The summed E-state index contributed by atoms with van der Waals surface area (Å²) in [6.45, 7) is 6.35. The standard InChI is InChI=1S/C31H63FO3S.C3H7N/c1-2-3-4-5-6-7-8-9-10-11-12-13-14-15-16-18-21-24-27-30-35-36(33,34)31-28-25-22-19-17-20-23-26-29-32;1-2-3-4/h2-31H2,1H3;2H,1,3-4H2. The third-order valence-corrected chi connectivity index (χ3v) is 8.77. The Labute approximate surface area is 251 Å². The number of hydrogen-bond acceptors (Lipinski definition) is 4. The molecule has 0 amide bonds. The van der Waals surface area contributed by atoms with Crippen molar-refractivity contribution in [1.82, 2.24) is 0 Å². The maximum Gasteiger partial charge on any atom is 0.267 e. The van der Waals surface area contributed by atoms with Crippen molar-refractivity contribution in [3.8, 4) is 0 Å². The molecule has 40 heavy (non-hydrogen) atoms. The Kier molecular flexibility index (Phi) is 38.1. The van der Waals surface area contributed by atoms with E-state index in [4.69, 9.17) is 9.92 Å². The summed E-state index contributed by atoms with van der Waals surface area (Å²) in [6, 6.07) is 0. The largest absolute Gasteiger partial charge is 0.327 e. The van der Waals surface area contributed by atoms with Crippen LogP contribution < -0.4 is 5.73 Å². The van der Waals surface area contributed by atoms with Crippen molar-refractivity contribution in [1.29, 1.82) is 0 Å². The molecule has 0 saturated carbocycles. The van der Waals surface area contributed by atoms with Gasteiger partial charge in [-0.05, 0) is 19.3 Å². The molecule has 0 aromatic carbocycles. The lowest BCUT2D eigenvalue weighted by molar-refractivity contribution is 0.305. The van der Waals surface area contributed by atoms with Gasteiger partial charge in [-0.15, -0.1) is 6.58 Å². The van der Waals surface area contributed by atoms with Gasteiger partial charge in [0.2, 0.25) is 0 Å². The first-order valence-corrected chi connectivity index (χ1v) is 18.9. The number of hydrogen-bond donors (Lipinski definition) is 1. The smallest absolute Gasteiger partial charge is 0.267 e. The SMILES string of the molecule is C=CCN.CCCCCCCCCCCCCCCCCCCCCOS(=O)(=O)CCCCCCCCCCF. The lowest BCUT2D eigenvalue weighted by Gasteiger charge is -2.06. The Morgan fingerprint density at radius 2 is 0.875 bits per heavy atom. The second-order valence-corrected chi connectivity index (χ2v) is 13.2. The van der Waals surface area contributed by atoms with E-state index in [-0.39, 0.29) is 12.4 Å². The number of nitrogens with two attached hydrogens (primary N) is 1. The second-order valence-electron chi connectivity index (χ2n) is 11.5. The molecular weight excluding hydrogens is 521 g/mol. The highest BCUT2D eigenvalue weighted by molar-refractivity contribution is 7.86. The van der Waals surface area contributed by atoms with Crippen molar-refractivity contribution in [2.75, 3.05) is 25.6 Å². The first-order chi connectivity index (χ1) is 19.5. The van der Waals surface area contributed by atoms with Crippen LogP contribution in [0.3, 0.4) is 0 Å². The van der Waals surface area contributed by atoms with Gasteiger partial charge in [0.1, 0.15) is 0 Å². The van der Waals surface area contributed by atoms with Crippen molar-refractivity contribution < 1.29 is 17.0 Å². The molecule has 0 radical (unpaired) electrons. The summed E-state index contributed by atoms with van der Waals surface area (Å²) in [5.41, 5.74) is 4.91. The average Bonchev–Trinajstić information content (AvgIpc) is 2.95. The lowest BCUT2D eigenvalue weighted by Crippen LogP contribution is -2.11. The van der Waals surface area contributed by atoms with E-state index in [0.29, 0.717) is 26.0 Å². The van der Waals surface area contributed by atoms with Gasteiger partial charge < -0.3 is 5.73 Å². The Morgan fingerprint density at radius 3 is 1.20 bits per heavy atom. The van der Waals surface area contributed by atoms with Gasteiger partial charge in [-0.1, -0.05) is 167 Å². The Morgan fingerprint density at radius 1 is 0.575 bits per heavy atom. The van der Waals surface area contributed by atoms with E-state index in [2.05, 4.69) is 13.5 Å². The number of halogens is 1. The summed E-state index contributed by atoms with van der Waals surface area (Å²) in [4.78, 5) is 0. The number of rotatable bonds is 32. The van der Waals surface area contributed by atoms with Gasteiger partial charge in [0, 0.05) is 6.54 Å². The van der Waals surface area contributed by atoms with Crippen molar-refractivity contribution in [2.24, 2.45) is 5.73 Å². The summed E-state index contributed by atoms with van der Waals surface area (Å²) >= 11 is 0. The molecule has 2 N–H and O–H groups in total.